The van der Waals surface area contributed by atoms with Gasteiger partial charge in [-0.2, -0.15) is 0 Å². The third kappa shape index (κ3) is 4.55. The number of nitrogens with one attached hydrogen (secondary N) is 2. The van der Waals surface area contributed by atoms with Gasteiger partial charge in [0.25, 0.3) is 0 Å². The smallest absolute Gasteiger partial charge is 0.221 e. The van der Waals surface area contributed by atoms with Crippen molar-refractivity contribution in [3.8, 4) is 0 Å². The molecule has 0 saturated carbocycles. The van der Waals surface area contributed by atoms with E-state index in [1.54, 1.807) is 6.07 Å². The van der Waals surface area contributed by atoms with Crippen LogP contribution in [0.15, 0.2) is 18.2 Å². The minimum atomic E-state index is -2.92. The number of nitrogens with zero attached hydrogens (tertiary/aromatic N) is 2. The first-order chi connectivity index (χ1) is 11.8. The van der Waals surface area contributed by atoms with E-state index in [1.807, 2.05) is 11.9 Å². The molecule has 136 valence electrons. The van der Waals surface area contributed by atoms with Crippen LogP contribution in [0.25, 0.3) is 11.0 Å². The monoisotopic (exact) mass is 368 g/mol. The first-order valence-corrected chi connectivity index (χ1v) is 9.96. The van der Waals surface area contributed by atoms with E-state index in [2.05, 4.69) is 15.3 Å². The third-order valence-electron chi connectivity index (χ3n) is 4.47. The molecule has 1 amide bonds. The molecule has 9 heteroatoms. The standard InChI is InChI=1S/C16H21FN4O3S/c1-21(12-5-7-25(23,24)10-12)6-4-16(22)18-9-15-19-13-3-2-11(17)8-14(13)20-15/h2-3,8,12H,4-7,9-10H2,1H3,(H,18,22)(H,19,20)/t12-/m0/s1. The minimum Gasteiger partial charge on any atom is -0.349 e. The van der Waals surface area contributed by atoms with E-state index in [9.17, 15) is 17.6 Å². The van der Waals surface area contributed by atoms with Crippen LogP contribution in [0.1, 0.15) is 18.7 Å². The van der Waals surface area contributed by atoms with Gasteiger partial charge >= 0.3 is 0 Å². The van der Waals surface area contributed by atoms with Crippen molar-refractivity contribution in [3.05, 3.63) is 29.8 Å². The summed E-state index contributed by atoms with van der Waals surface area (Å²) in [4.78, 5) is 21.2. The van der Waals surface area contributed by atoms with Crippen LogP contribution in [0.4, 0.5) is 4.39 Å². The summed E-state index contributed by atoms with van der Waals surface area (Å²) in [7, 11) is -1.08. The van der Waals surface area contributed by atoms with Gasteiger partial charge in [0.2, 0.25) is 5.91 Å². The van der Waals surface area contributed by atoms with Crippen molar-refractivity contribution in [2.75, 3.05) is 25.1 Å². The van der Waals surface area contributed by atoms with E-state index < -0.39 is 9.84 Å². The summed E-state index contributed by atoms with van der Waals surface area (Å²) in [5.74, 6) is 0.467. The van der Waals surface area contributed by atoms with Gasteiger partial charge in [0, 0.05) is 19.0 Å². The first kappa shape index (κ1) is 17.8. The van der Waals surface area contributed by atoms with Gasteiger partial charge < -0.3 is 15.2 Å². The molecule has 2 heterocycles. The molecular weight excluding hydrogens is 347 g/mol. The van der Waals surface area contributed by atoms with Crippen molar-refractivity contribution >= 4 is 26.8 Å². The highest BCUT2D eigenvalue weighted by Crippen LogP contribution is 2.16. The Morgan fingerprint density at radius 2 is 2.28 bits per heavy atom. The average Bonchev–Trinajstić information content (AvgIpc) is 3.12. The third-order valence-corrected chi connectivity index (χ3v) is 6.22. The van der Waals surface area contributed by atoms with Crippen LogP contribution in [0, 0.1) is 5.82 Å². The number of benzene rings is 1. The molecule has 1 fully saturated rings. The molecular formula is C16H21FN4O3S. The summed E-state index contributed by atoms with van der Waals surface area (Å²) in [5.41, 5.74) is 1.24. The van der Waals surface area contributed by atoms with Crippen molar-refractivity contribution in [2.45, 2.75) is 25.4 Å². The molecule has 1 aromatic carbocycles. The number of carbonyl (C=O) groups excluding carboxylic acids is 1. The lowest BCUT2D eigenvalue weighted by Gasteiger charge is -2.22. The van der Waals surface area contributed by atoms with Crippen LogP contribution in [-0.4, -0.2) is 60.3 Å². The molecule has 1 saturated heterocycles. The second-order valence-corrected chi connectivity index (χ2v) is 8.64. The zero-order valence-electron chi connectivity index (χ0n) is 14.0. The number of aromatic amines is 1. The Hall–Kier alpha value is -2.00. The van der Waals surface area contributed by atoms with Crippen molar-refractivity contribution in [1.82, 2.24) is 20.2 Å². The van der Waals surface area contributed by atoms with E-state index in [1.165, 1.54) is 12.1 Å². The average molecular weight is 368 g/mol. The van der Waals surface area contributed by atoms with Gasteiger partial charge in [-0.3, -0.25) is 4.79 Å². The number of hydrogen-bond donors (Lipinski definition) is 2. The summed E-state index contributed by atoms with van der Waals surface area (Å²) in [6.07, 6.45) is 0.901. The highest BCUT2D eigenvalue weighted by molar-refractivity contribution is 7.91. The highest BCUT2D eigenvalue weighted by Gasteiger charge is 2.30. The molecule has 7 nitrogen and oxygen atoms in total. The highest BCUT2D eigenvalue weighted by atomic mass is 32.2. The Morgan fingerprint density at radius 1 is 1.48 bits per heavy atom. The van der Waals surface area contributed by atoms with Crippen LogP contribution in [0.2, 0.25) is 0 Å². The lowest BCUT2D eigenvalue weighted by atomic mass is 10.2. The Kier molecular flexibility index (Phi) is 5.05. The van der Waals surface area contributed by atoms with Crippen LogP contribution in [0.5, 0.6) is 0 Å². The Bertz CT molecular complexity index is 881. The molecule has 0 spiro atoms. The van der Waals surface area contributed by atoms with Gasteiger partial charge in [-0.15, -0.1) is 0 Å². The first-order valence-electron chi connectivity index (χ1n) is 8.14. The fourth-order valence-corrected chi connectivity index (χ4v) is 4.78. The summed E-state index contributed by atoms with van der Waals surface area (Å²) >= 11 is 0. The summed E-state index contributed by atoms with van der Waals surface area (Å²) in [6.45, 7) is 0.730. The Labute approximate surface area is 145 Å². The van der Waals surface area contributed by atoms with Gasteiger partial charge in [-0.1, -0.05) is 0 Å². The normalized spacial score (nSPS) is 19.6. The van der Waals surface area contributed by atoms with Crippen molar-refractivity contribution < 1.29 is 17.6 Å². The fraction of sp³-hybridized carbons (Fsp3) is 0.500. The number of imidazole rings is 1. The van der Waals surface area contributed by atoms with Crippen LogP contribution >= 0.6 is 0 Å². The van der Waals surface area contributed by atoms with Gasteiger partial charge in [-0.25, -0.2) is 17.8 Å². The molecule has 0 unspecified atom stereocenters. The molecule has 1 aromatic heterocycles. The van der Waals surface area contributed by atoms with E-state index in [0.717, 1.165) is 0 Å². The summed E-state index contributed by atoms with van der Waals surface area (Å²) in [6, 6.07) is 4.27. The number of halogens is 1. The fourth-order valence-electron chi connectivity index (χ4n) is 2.97. The van der Waals surface area contributed by atoms with E-state index in [0.29, 0.717) is 29.8 Å². The zero-order valence-corrected chi connectivity index (χ0v) is 14.8. The van der Waals surface area contributed by atoms with Crippen LogP contribution in [0.3, 0.4) is 0 Å². The molecule has 0 bridgehead atoms. The van der Waals surface area contributed by atoms with Crippen molar-refractivity contribution in [2.24, 2.45) is 0 Å². The molecule has 0 radical (unpaired) electrons. The van der Waals surface area contributed by atoms with Crippen molar-refractivity contribution in [3.63, 3.8) is 0 Å². The lowest BCUT2D eigenvalue weighted by molar-refractivity contribution is -0.121. The molecule has 1 aliphatic rings. The molecule has 3 rings (SSSR count). The molecule has 2 N–H and O–H groups in total. The number of carbonyl (C=O) groups is 1. The predicted molar refractivity (Wildman–Crippen MR) is 92.2 cm³/mol. The quantitative estimate of drug-likeness (QED) is 0.787. The van der Waals surface area contributed by atoms with Crippen molar-refractivity contribution in [1.29, 1.82) is 0 Å². The number of H-pyrrole nitrogens is 1. The second-order valence-electron chi connectivity index (χ2n) is 6.41. The van der Waals surface area contributed by atoms with E-state index in [-0.39, 0.29) is 42.2 Å². The Balaban J connectivity index is 1.46. The summed E-state index contributed by atoms with van der Waals surface area (Å²) < 4.78 is 36.1. The maximum absolute atomic E-state index is 13.2. The van der Waals surface area contributed by atoms with E-state index >= 15 is 0 Å². The van der Waals surface area contributed by atoms with Crippen LogP contribution < -0.4 is 5.32 Å². The molecule has 2 aromatic rings. The number of rotatable bonds is 6. The topological polar surface area (TPSA) is 95.2 Å². The SMILES string of the molecule is CN(CCC(=O)NCc1nc2ccc(F)cc2[nH]1)[C@H]1CCS(=O)(=O)C1. The molecule has 1 aliphatic heterocycles. The number of aromatic nitrogens is 2. The second kappa shape index (κ2) is 7.09. The van der Waals surface area contributed by atoms with Crippen LogP contribution in [-0.2, 0) is 21.2 Å². The molecule has 25 heavy (non-hydrogen) atoms. The predicted octanol–water partition coefficient (Wildman–Crippen LogP) is 0.827. The number of hydrogen-bond acceptors (Lipinski definition) is 5. The maximum Gasteiger partial charge on any atom is 0.221 e. The van der Waals surface area contributed by atoms with Gasteiger partial charge in [-0.05, 0) is 31.7 Å². The van der Waals surface area contributed by atoms with E-state index in [4.69, 9.17) is 0 Å². The maximum atomic E-state index is 13.2. The van der Waals surface area contributed by atoms with Gasteiger partial charge in [0.1, 0.15) is 11.6 Å². The van der Waals surface area contributed by atoms with Gasteiger partial charge in [0.15, 0.2) is 9.84 Å². The number of sulfone groups is 1. The minimum absolute atomic E-state index is 0.0110. The Morgan fingerprint density at radius 3 is 3.00 bits per heavy atom. The largest absolute Gasteiger partial charge is 0.349 e. The van der Waals surface area contributed by atoms with Gasteiger partial charge in [0.05, 0.1) is 29.1 Å². The lowest BCUT2D eigenvalue weighted by Crippen LogP contribution is -2.36. The molecule has 0 aliphatic carbocycles. The number of amides is 1. The molecule has 1 atom stereocenters. The zero-order chi connectivity index (χ0) is 18.0. The number of fused-ring (bicyclic) bond motifs is 1. The summed E-state index contributed by atoms with van der Waals surface area (Å²) in [5, 5.41) is 2.77.